The normalized spacial score (nSPS) is 11.5. The molecule has 1 amide bonds. The highest BCUT2D eigenvalue weighted by molar-refractivity contribution is 5.85. The van der Waals surface area contributed by atoms with Crippen molar-refractivity contribution in [2.45, 2.75) is 32.7 Å². The van der Waals surface area contributed by atoms with E-state index < -0.39 is 23.9 Å². The molecule has 0 aliphatic heterocycles. The van der Waals surface area contributed by atoms with Crippen molar-refractivity contribution < 1.29 is 23.9 Å². The number of rotatable bonds is 8. The third-order valence-corrected chi connectivity index (χ3v) is 2.03. The van der Waals surface area contributed by atoms with Crippen LogP contribution < -0.4 is 11.1 Å². The van der Waals surface area contributed by atoms with Gasteiger partial charge in [-0.3, -0.25) is 9.59 Å². The van der Waals surface area contributed by atoms with Crippen molar-refractivity contribution in [1.29, 1.82) is 0 Å². The van der Waals surface area contributed by atoms with E-state index in [4.69, 9.17) is 15.2 Å². The molecule has 0 fully saturated rings. The van der Waals surface area contributed by atoms with Gasteiger partial charge in [-0.1, -0.05) is 0 Å². The predicted octanol–water partition coefficient (Wildman–Crippen LogP) is -0.664. The molecule has 0 aromatic carbocycles. The highest BCUT2D eigenvalue weighted by Gasteiger charge is 2.22. The van der Waals surface area contributed by atoms with E-state index in [1.165, 1.54) is 0 Å². The summed E-state index contributed by atoms with van der Waals surface area (Å²) in [4.78, 5) is 33.8. The van der Waals surface area contributed by atoms with Gasteiger partial charge in [0.1, 0.15) is 6.04 Å². The third kappa shape index (κ3) is 6.85. The number of esters is 2. The SMILES string of the molecule is CCOC(=O)CCC(NC(=O)CN)C(=O)OCC. The Hall–Kier alpha value is -1.63. The van der Waals surface area contributed by atoms with Crippen molar-refractivity contribution in [3.8, 4) is 0 Å². The first kappa shape index (κ1) is 16.4. The molecule has 1 unspecified atom stereocenters. The fourth-order valence-corrected chi connectivity index (χ4v) is 1.24. The van der Waals surface area contributed by atoms with E-state index in [0.29, 0.717) is 0 Å². The van der Waals surface area contributed by atoms with Crippen LogP contribution in [-0.2, 0) is 23.9 Å². The molecule has 0 aromatic heterocycles. The van der Waals surface area contributed by atoms with Crippen molar-refractivity contribution in [1.82, 2.24) is 5.32 Å². The van der Waals surface area contributed by atoms with E-state index in [0.717, 1.165) is 0 Å². The molecule has 0 saturated heterocycles. The van der Waals surface area contributed by atoms with Gasteiger partial charge in [0.05, 0.1) is 19.8 Å². The van der Waals surface area contributed by atoms with E-state index in [9.17, 15) is 14.4 Å². The summed E-state index contributed by atoms with van der Waals surface area (Å²) in [5.74, 6) is -1.48. The average Bonchev–Trinajstić information content (AvgIpc) is 2.34. The van der Waals surface area contributed by atoms with E-state index in [-0.39, 0.29) is 32.6 Å². The summed E-state index contributed by atoms with van der Waals surface area (Å²) in [6, 6.07) is -0.870. The number of carbonyl (C=O) groups excluding carboxylic acids is 3. The van der Waals surface area contributed by atoms with Crippen LogP contribution >= 0.6 is 0 Å². The molecule has 18 heavy (non-hydrogen) atoms. The zero-order chi connectivity index (χ0) is 14.0. The summed E-state index contributed by atoms with van der Waals surface area (Å²) in [7, 11) is 0. The van der Waals surface area contributed by atoms with Gasteiger partial charge < -0.3 is 20.5 Å². The largest absolute Gasteiger partial charge is 0.466 e. The van der Waals surface area contributed by atoms with Gasteiger partial charge in [0.15, 0.2) is 0 Å². The highest BCUT2D eigenvalue weighted by Crippen LogP contribution is 2.02. The van der Waals surface area contributed by atoms with Crippen LogP contribution in [0.5, 0.6) is 0 Å². The molecule has 7 heteroatoms. The lowest BCUT2D eigenvalue weighted by Crippen LogP contribution is -2.44. The van der Waals surface area contributed by atoms with E-state index in [1.807, 2.05) is 0 Å². The topological polar surface area (TPSA) is 108 Å². The second kappa shape index (κ2) is 9.41. The number of carbonyl (C=O) groups is 3. The van der Waals surface area contributed by atoms with Gasteiger partial charge in [0.2, 0.25) is 5.91 Å². The predicted molar refractivity (Wildman–Crippen MR) is 63.5 cm³/mol. The summed E-state index contributed by atoms with van der Waals surface area (Å²) in [6.45, 7) is 3.60. The Morgan fingerprint density at radius 2 is 1.78 bits per heavy atom. The smallest absolute Gasteiger partial charge is 0.328 e. The zero-order valence-electron chi connectivity index (χ0n) is 10.7. The number of nitrogens with two attached hydrogens (primary N) is 1. The van der Waals surface area contributed by atoms with Gasteiger partial charge in [-0.15, -0.1) is 0 Å². The van der Waals surface area contributed by atoms with Crippen molar-refractivity contribution in [3.63, 3.8) is 0 Å². The molecule has 0 radical (unpaired) electrons. The number of hydrogen-bond acceptors (Lipinski definition) is 6. The Morgan fingerprint density at radius 3 is 2.28 bits per heavy atom. The minimum Gasteiger partial charge on any atom is -0.466 e. The van der Waals surface area contributed by atoms with Crippen LogP contribution in [0.2, 0.25) is 0 Å². The first-order valence-corrected chi connectivity index (χ1v) is 5.86. The zero-order valence-corrected chi connectivity index (χ0v) is 10.7. The minimum absolute atomic E-state index is 0.0299. The molecule has 0 saturated carbocycles. The second-order valence-corrected chi connectivity index (χ2v) is 3.42. The van der Waals surface area contributed by atoms with Crippen molar-refractivity contribution >= 4 is 17.8 Å². The lowest BCUT2D eigenvalue weighted by atomic mass is 10.1. The van der Waals surface area contributed by atoms with Gasteiger partial charge >= 0.3 is 11.9 Å². The van der Waals surface area contributed by atoms with Gasteiger partial charge in [0.25, 0.3) is 0 Å². The molecule has 7 nitrogen and oxygen atoms in total. The Labute approximate surface area is 106 Å². The summed E-state index contributed by atoms with van der Waals surface area (Å²) in [6.07, 6.45) is 0.158. The monoisotopic (exact) mass is 260 g/mol. The lowest BCUT2D eigenvalue weighted by molar-refractivity contribution is -0.148. The first-order valence-electron chi connectivity index (χ1n) is 5.86. The summed E-state index contributed by atoms with van der Waals surface area (Å²) in [5.41, 5.74) is 5.14. The average molecular weight is 260 g/mol. The highest BCUT2D eigenvalue weighted by atomic mass is 16.5. The number of ether oxygens (including phenoxy) is 2. The second-order valence-electron chi connectivity index (χ2n) is 3.42. The van der Waals surface area contributed by atoms with Crippen LogP contribution in [0.25, 0.3) is 0 Å². The molecular formula is C11H20N2O5. The molecule has 0 aromatic rings. The van der Waals surface area contributed by atoms with Crippen LogP contribution in [0, 0.1) is 0 Å². The Balaban J connectivity index is 4.33. The number of nitrogens with one attached hydrogen (secondary N) is 1. The maximum Gasteiger partial charge on any atom is 0.328 e. The molecule has 0 aliphatic carbocycles. The molecule has 0 spiro atoms. The molecule has 0 rings (SSSR count). The van der Waals surface area contributed by atoms with Crippen molar-refractivity contribution in [2.75, 3.05) is 19.8 Å². The Morgan fingerprint density at radius 1 is 1.17 bits per heavy atom. The number of amides is 1. The van der Waals surface area contributed by atoms with E-state index in [2.05, 4.69) is 5.32 Å². The van der Waals surface area contributed by atoms with E-state index >= 15 is 0 Å². The summed E-state index contributed by atoms with van der Waals surface area (Å²) in [5, 5.41) is 2.40. The number of hydrogen-bond donors (Lipinski definition) is 2. The maximum atomic E-state index is 11.5. The summed E-state index contributed by atoms with van der Waals surface area (Å²) < 4.78 is 9.53. The van der Waals surface area contributed by atoms with Crippen molar-refractivity contribution in [2.24, 2.45) is 5.73 Å². The van der Waals surface area contributed by atoms with Crippen LogP contribution in [0.15, 0.2) is 0 Å². The van der Waals surface area contributed by atoms with Crippen molar-refractivity contribution in [3.05, 3.63) is 0 Å². The molecular weight excluding hydrogens is 240 g/mol. The molecule has 1 atom stereocenters. The van der Waals surface area contributed by atoms with Gasteiger partial charge in [-0.05, 0) is 20.3 Å². The first-order chi connectivity index (χ1) is 8.54. The van der Waals surface area contributed by atoms with Gasteiger partial charge in [0, 0.05) is 6.42 Å². The quantitative estimate of drug-likeness (QED) is 0.561. The standard InChI is InChI=1S/C11H20N2O5/c1-3-17-10(15)6-5-8(11(16)18-4-2)13-9(14)7-12/h8H,3-7,12H2,1-2H3,(H,13,14). The van der Waals surface area contributed by atoms with E-state index in [1.54, 1.807) is 13.8 Å². The molecule has 104 valence electrons. The molecule has 0 aliphatic rings. The molecule has 0 bridgehead atoms. The Kier molecular flexibility index (Phi) is 8.55. The lowest BCUT2D eigenvalue weighted by Gasteiger charge is -2.16. The maximum absolute atomic E-state index is 11.5. The van der Waals surface area contributed by atoms with Crippen LogP contribution in [0.1, 0.15) is 26.7 Å². The molecule has 0 heterocycles. The Bertz CT molecular complexity index is 293. The van der Waals surface area contributed by atoms with Gasteiger partial charge in [-0.2, -0.15) is 0 Å². The van der Waals surface area contributed by atoms with Crippen LogP contribution in [0.4, 0.5) is 0 Å². The fraction of sp³-hybridized carbons (Fsp3) is 0.727. The molecule has 3 N–H and O–H groups in total. The van der Waals surface area contributed by atoms with Crippen LogP contribution in [0.3, 0.4) is 0 Å². The fourth-order valence-electron chi connectivity index (χ4n) is 1.24. The van der Waals surface area contributed by atoms with Crippen LogP contribution in [-0.4, -0.2) is 43.6 Å². The third-order valence-electron chi connectivity index (χ3n) is 2.03. The van der Waals surface area contributed by atoms with Gasteiger partial charge in [-0.25, -0.2) is 4.79 Å². The summed E-state index contributed by atoms with van der Waals surface area (Å²) >= 11 is 0. The minimum atomic E-state index is -0.870.